The Balaban J connectivity index is 1.20. The van der Waals surface area contributed by atoms with E-state index in [-0.39, 0.29) is 0 Å². The molecular formula is C49H32N2. The molecule has 0 saturated carbocycles. The Morgan fingerprint density at radius 3 is 1.78 bits per heavy atom. The van der Waals surface area contributed by atoms with Gasteiger partial charge < -0.3 is 9.13 Å². The van der Waals surface area contributed by atoms with Gasteiger partial charge in [0.1, 0.15) is 0 Å². The second-order valence-electron chi connectivity index (χ2n) is 13.7. The number of hydrogen-bond donors (Lipinski definition) is 0. The van der Waals surface area contributed by atoms with E-state index in [2.05, 4.69) is 156 Å². The molecule has 2 heterocycles. The van der Waals surface area contributed by atoms with Crippen LogP contribution in [0.2, 0.25) is 0 Å². The van der Waals surface area contributed by atoms with Crippen molar-refractivity contribution in [2.24, 2.45) is 0 Å². The first kappa shape index (κ1) is 26.3. The third-order valence-electron chi connectivity index (χ3n) is 10.8. The van der Waals surface area contributed by atoms with Crippen LogP contribution in [0.3, 0.4) is 0 Å². The van der Waals surface area contributed by atoms with Crippen LogP contribution >= 0.6 is 0 Å². The minimum atomic E-state index is 0.480. The van der Waals surface area contributed by atoms with Gasteiger partial charge in [-0.3, -0.25) is 0 Å². The van der Waals surface area contributed by atoms with Crippen molar-refractivity contribution in [1.82, 2.24) is 9.13 Å². The Labute approximate surface area is 297 Å². The van der Waals surface area contributed by atoms with Gasteiger partial charge in [0.2, 0.25) is 0 Å². The van der Waals surface area contributed by atoms with Crippen LogP contribution in [0.5, 0.6) is 0 Å². The van der Waals surface area contributed by atoms with Gasteiger partial charge in [0.15, 0.2) is 0 Å². The SMILES string of the molecule is [2H]c1ccc2c(c1)c1cc(-c3cc([2H])cc4c5cc(C)ccc5n(-c5ccccc5)c34)ccc1n2-c1ccc2c3ccccc3c3ccccc3c2c1. The van der Waals surface area contributed by atoms with E-state index in [1.165, 1.54) is 37.9 Å². The van der Waals surface area contributed by atoms with E-state index in [0.29, 0.717) is 12.1 Å². The first-order valence-electron chi connectivity index (χ1n) is 18.5. The number of para-hydroxylation sites is 3. The molecule has 0 unspecified atom stereocenters. The molecule has 0 aliphatic rings. The van der Waals surface area contributed by atoms with Crippen LogP contribution in [-0.4, -0.2) is 9.13 Å². The van der Waals surface area contributed by atoms with Gasteiger partial charge in [0, 0.05) is 38.5 Å². The molecule has 51 heavy (non-hydrogen) atoms. The smallest absolute Gasteiger partial charge is 0.0623 e. The Morgan fingerprint density at radius 1 is 0.373 bits per heavy atom. The van der Waals surface area contributed by atoms with E-state index >= 15 is 0 Å². The summed E-state index contributed by atoms with van der Waals surface area (Å²) in [5.74, 6) is 0. The van der Waals surface area contributed by atoms with Crippen molar-refractivity contribution in [3.8, 4) is 22.5 Å². The first-order chi connectivity index (χ1) is 26.0. The lowest BCUT2D eigenvalue weighted by Crippen LogP contribution is -1.96. The highest BCUT2D eigenvalue weighted by molar-refractivity contribution is 6.26. The predicted molar refractivity (Wildman–Crippen MR) is 218 cm³/mol. The summed E-state index contributed by atoms with van der Waals surface area (Å²) in [6.07, 6.45) is 0. The molecular weight excluding hydrogens is 617 g/mol. The zero-order valence-corrected chi connectivity index (χ0v) is 28.0. The van der Waals surface area contributed by atoms with Crippen molar-refractivity contribution in [3.63, 3.8) is 0 Å². The molecule has 11 aromatic rings. The molecule has 0 atom stereocenters. The van der Waals surface area contributed by atoms with Gasteiger partial charge in [-0.1, -0.05) is 127 Å². The van der Waals surface area contributed by atoms with Crippen molar-refractivity contribution in [3.05, 3.63) is 181 Å². The second-order valence-corrected chi connectivity index (χ2v) is 13.7. The second kappa shape index (κ2) is 10.7. The highest BCUT2D eigenvalue weighted by Crippen LogP contribution is 2.42. The Kier molecular flexibility index (Phi) is 5.50. The highest BCUT2D eigenvalue weighted by Gasteiger charge is 2.19. The largest absolute Gasteiger partial charge is 0.309 e. The van der Waals surface area contributed by atoms with Gasteiger partial charge in [0.25, 0.3) is 0 Å². The van der Waals surface area contributed by atoms with Gasteiger partial charge in [-0.15, -0.1) is 0 Å². The van der Waals surface area contributed by atoms with Gasteiger partial charge in [-0.25, -0.2) is 0 Å². The zero-order chi connectivity index (χ0) is 35.4. The van der Waals surface area contributed by atoms with Crippen molar-refractivity contribution < 1.29 is 2.74 Å². The number of rotatable bonds is 3. The fourth-order valence-corrected chi connectivity index (χ4v) is 8.57. The summed E-state index contributed by atoms with van der Waals surface area (Å²) >= 11 is 0. The summed E-state index contributed by atoms with van der Waals surface area (Å²) in [5.41, 5.74) is 9.77. The molecule has 0 aliphatic heterocycles. The lowest BCUT2D eigenvalue weighted by atomic mass is 9.94. The highest BCUT2D eigenvalue weighted by atomic mass is 15.0. The maximum atomic E-state index is 8.98. The van der Waals surface area contributed by atoms with Gasteiger partial charge in [0.05, 0.1) is 24.8 Å². The summed E-state index contributed by atoms with van der Waals surface area (Å²) < 4.78 is 22.3. The molecule has 0 radical (unpaired) electrons. The van der Waals surface area contributed by atoms with Crippen LogP contribution in [0, 0.1) is 6.92 Å². The number of benzene rings is 9. The average molecular weight is 651 g/mol. The fraction of sp³-hybridized carbons (Fsp3) is 0.0204. The van der Waals surface area contributed by atoms with Gasteiger partial charge in [-0.05, 0) is 99.4 Å². The number of nitrogens with zero attached hydrogens (tertiary/aromatic N) is 2. The lowest BCUT2D eigenvalue weighted by molar-refractivity contribution is 1.18. The number of hydrogen-bond acceptors (Lipinski definition) is 0. The van der Waals surface area contributed by atoms with E-state index < -0.39 is 0 Å². The maximum absolute atomic E-state index is 8.98. The van der Waals surface area contributed by atoms with Crippen molar-refractivity contribution in [2.75, 3.05) is 0 Å². The van der Waals surface area contributed by atoms with E-state index in [1.807, 2.05) is 24.3 Å². The quantitative estimate of drug-likeness (QED) is 0.168. The maximum Gasteiger partial charge on any atom is 0.0623 e. The molecule has 0 aliphatic carbocycles. The monoisotopic (exact) mass is 650 g/mol. The van der Waals surface area contributed by atoms with Gasteiger partial charge >= 0.3 is 0 Å². The molecule has 0 bridgehead atoms. The molecule has 238 valence electrons. The van der Waals surface area contributed by atoms with Crippen LogP contribution in [0.1, 0.15) is 8.30 Å². The summed E-state index contributed by atoms with van der Waals surface area (Å²) in [6.45, 7) is 2.13. The summed E-state index contributed by atoms with van der Waals surface area (Å²) in [7, 11) is 0. The minimum absolute atomic E-state index is 0.480. The first-order valence-corrected chi connectivity index (χ1v) is 17.5. The predicted octanol–water partition coefficient (Wildman–Crippen LogP) is 13.3. The van der Waals surface area contributed by atoms with Crippen molar-refractivity contribution in [2.45, 2.75) is 6.92 Å². The van der Waals surface area contributed by atoms with Crippen LogP contribution in [0.25, 0.3) is 98.4 Å². The van der Waals surface area contributed by atoms with Crippen LogP contribution < -0.4 is 0 Å². The van der Waals surface area contributed by atoms with Crippen molar-refractivity contribution >= 4 is 75.9 Å². The summed E-state index contributed by atoms with van der Waals surface area (Å²) in [6, 6.07) is 59.0. The van der Waals surface area contributed by atoms with E-state index in [4.69, 9.17) is 2.74 Å². The Hall–Kier alpha value is -6.64. The third kappa shape index (κ3) is 4.05. The number of fused-ring (bicyclic) bond motifs is 12. The molecule has 2 nitrogen and oxygen atoms in total. The molecule has 0 amide bonds. The van der Waals surface area contributed by atoms with E-state index in [9.17, 15) is 0 Å². The Morgan fingerprint density at radius 2 is 1.00 bits per heavy atom. The standard InChI is InChI=1S/C49H32N2/c1-31-22-26-48-44(28-31)42-20-11-19-35(49(42)51(48)33-12-3-2-4-13-33)32-23-27-47-45(29-32)41-18-9-10-21-46(41)50(47)34-24-25-40-38-16-6-5-14-36(38)37-15-7-8-17-39(37)43(40)30-34/h2-30H,1H3/i9D,11D. The topological polar surface area (TPSA) is 9.86 Å². The third-order valence-corrected chi connectivity index (χ3v) is 10.8. The van der Waals surface area contributed by atoms with Crippen molar-refractivity contribution in [1.29, 1.82) is 0 Å². The fourth-order valence-electron chi connectivity index (χ4n) is 8.57. The molecule has 0 spiro atoms. The van der Waals surface area contributed by atoms with E-state index in [0.717, 1.165) is 66.1 Å². The average Bonchev–Trinajstić information content (AvgIpc) is 3.69. The molecule has 11 rings (SSSR count). The molecule has 0 fully saturated rings. The molecule has 2 heteroatoms. The molecule has 0 N–H and O–H groups in total. The van der Waals surface area contributed by atoms with Crippen LogP contribution in [0.4, 0.5) is 0 Å². The summed E-state index contributed by atoms with van der Waals surface area (Å²) in [5, 5.41) is 11.8. The van der Waals surface area contributed by atoms with E-state index in [1.54, 1.807) is 0 Å². The number of aryl methyl sites for hydroxylation is 1. The lowest BCUT2D eigenvalue weighted by Gasteiger charge is -2.14. The van der Waals surface area contributed by atoms with Crippen LogP contribution in [0.15, 0.2) is 176 Å². The summed E-state index contributed by atoms with van der Waals surface area (Å²) in [4.78, 5) is 0. The van der Waals surface area contributed by atoms with Gasteiger partial charge in [-0.2, -0.15) is 0 Å². The zero-order valence-electron chi connectivity index (χ0n) is 30.0. The Bertz CT molecular complexity index is 3280. The molecule has 0 saturated heterocycles. The molecule has 2 aromatic heterocycles. The molecule has 9 aromatic carbocycles. The number of aromatic nitrogens is 2. The minimum Gasteiger partial charge on any atom is -0.309 e. The van der Waals surface area contributed by atoms with Crippen LogP contribution in [-0.2, 0) is 0 Å². The normalized spacial score (nSPS) is 12.6.